The van der Waals surface area contributed by atoms with E-state index < -0.39 is 0 Å². The summed E-state index contributed by atoms with van der Waals surface area (Å²) < 4.78 is 0. The second-order valence-electron chi connectivity index (χ2n) is 1.96. The number of amides is 1. The van der Waals surface area contributed by atoms with Crippen LogP contribution in [-0.4, -0.2) is 29.7 Å². The zero-order valence-corrected chi connectivity index (χ0v) is 7.97. The van der Waals surface area contributed by atoms with E-state index >= 15 is 0 Å². The highest BCUT2D eigenvalue weighted by Crippen LogP contribution is 1.92. The average Bonchev–Trinajstić information content (AvgIpc) is 1.88. The van der Waals surface area contributed by atoms with Gasteiger partial charge in [-0.05, 0) is 13.2 Å². The second-order valence-corrected chi connectivity index (χ2v) is 3.72. The Labute approximate surface area is 71.6 Å². The molecule has 10 heavy (non-hydrogen) atoms. The van der Waals surface area contributed by atoms with E-state index in [1.807, 2.05) is 6.26 Å². The Morgan fingerprint density at radius 1 is 1.80 bits per heavy atom. The molecule has 60 valence electrons. The lowest BCUT2D eigenvalue weighted by atomic mass is 10.4. The van der Waals surface area contributed by atoms with Gasteiger partial charge in [0.1, 0.15) is 0 Å². The van der Waals surface area contributed by atoms with Gasteiger partial charge in [0.05, 0.1) is 5.25 Å². The van der Waals surface area contributed by atoms with Crippen molar-refractivity contribution in [3.8, 4) is 0 Å². The van der Waals surface area contributed by atoms with Gasteiger partial charge in [0, 0.05) is 12.3 Å². The summed E-state index contributed by atoms with van der Waals surface area (Å²) in [6.07, 6.45) is 2.01. The lowest BCUT2D eigenvalue weighted by Crippen LogP contribution is -2.31. The van der Waals surface area contributed by atoms with Crippen LogP contribution >= 0.6 is 24.4 Å². The molecule has 1 unspecified atom stereocenters. The van der Waals surface area contributed by atoms with E-state index in [-0.39, 0.29) is 11.2 Å². The summed E-state index contributed by atoms with van der Waals surface area (Å²) in [4.78, 5) is 10.8. The summed E-state index contributed by atoms with van der Waals surface area (Å²) in [6.45, 7) is 2.50. The average molecular weight is 179 g/mol. The first-order valence-electron chi connectivity index (χ1n) is 3.13. The van der Waals surface area contributed by atoms with Gasteiger partial charge in [-0.1, -0.05) is 0 Å². The third-order valence-corrected chi connectivity index (χ3v) is 1.83. The van der Waals surface area contributed by atoms with Gasteiger partial charge in [0.2, 0.25) is 5.91 Å². The summed E-state index contributed by atoms with van der Waals surface area (Å²) in [6, 6.07) is 0. The van der Waals surface area contributed by atoms with Crippen LogP contribution in [0.3, 0.4) is 0 Å². The number of thiol groups is 1. The Morgan fingerprint density at radius 3 is 2.80 bits per heavy atom. The van der Waals surface area contributed by atoms with Gasteiger partial charge in [-0.25, -0.2) is 0 Å². The SMILES string of the molecule is CSCCNC(=O)C(C)S. The maximum atomic E-state index is 10.8. The van der Waals surface area contributed by atoms with Gasteiger partial charge in [0.25, 0.3) is 0 Å². The van der Waals surface area contributed by atoms with E-state index in [1.165, 1.54) is 0 Å². The summed E-state index contributed by atoms with van der Waals surface area (Å²) in [5.41, 5.74) is 0. The van der Waals surface area contributed by atoms with Crippen LogP contribution in [0.25, 0.3) is 0 Å². The van der Waals surface area contributed by atoms with E-state index in [9.17, 15) is 4.79 Å². The Bertz CT molecular complexity index is 106. The van der Waals surface area contributed by atoms with Crippen LogP contribution in [-0.2, 0) is 4.79 Å². The molecule has 0 bridgehead atoms. The number of carbonyl (C=O) groups is 1. The predicted molar refractivity (Wildman–Crippen MR) is 49.8 cm³/mol. The van der Waals surface area contributed by atoms with Crippen molar-refractivity contribution in [1.82, 2.24) is 5.32 Å². The first-order chi connectivity index (χ1) is 4.68. The van der Waals surface area contributed by atoms with E-state index in [0.717, 1.165) is 12.3 Å². The van der Waals surface area contributed by atoms with Crippen molar-refractivity contribution in [2.45, 2.75) is 12.2 Å². The molecule has 2 nitrogen and oxygen atoms in total. The summed E-state index contributed by atoms with van der Waals surface area (Å²) in [5, 5.41) is 2.55. The standard InChI is InChI=1S/C6H13NOS2/c1-5(9)6(8)7-3-4-10-2/h5,9H,3-4H2,1-2H3,(H,7,8). The summed E-state index contributed by atoms with van der Waals surface area (Å²) >= 11 is 5.69. The Kier molecular flexibility index (Phi) is 6.02. The van der Waals surface area contributed by atoms with Gasteiger partial charge in [-0.15, -0.1) is 0 Å². The van der Waals surface area contributed by atoms with Crippen molar-refractivity contribution in [2.75, 3.05) is 18.6 Å². The van der Waals surface area contributed by atoms with Crippen molar-refractivity contribution in [1.29, 1.82) is 0 Å². The molecule has 0 aromatic rings. The van der Waals surface area contributed by atoms with Crippen molar-refractivity contribution >= 4 is 30.3 Å². The highest BCUT2D eigenvalue weighted by molar-refractivity contribution is 7.98. The quantitative estimate of drug-likeness (QED) is 0.493. The summed E-state index contributed by atoms with van der Waals surface area (Å²) in [7, 11) is 0. The maximum Gasteiger partial charge on any atom is 0.232 e. The first kappa shape index (κ1) is 10.2. The van der Waals surface area contributed by atoms with Gasteiger partial charge in [-0.3, -0.25) is 4.79 Å². The minimum atomic E-state index is -0.193. The lowest BCUT2D eigenvalue weighted by molar-refractivity contribution is -0.120. The molecule has 0 aromatic carbocycles. The second kappa shape index (κ2) is 5.92. The molecular weight excluding hydrogens is 166 g/mol. The van der Waals surface area contributed by atoms with Crippen LogP contribution in [0.5, 0.6) is 0 Å². The van der Waals surface area contributed by atoms with E-state index in [4.69, 9.17) is 0 Å². The molecule has 0 aliphatic heterocycles. The minimum absolute atomic E-state index is 0.0115. The number of hydrogen-bond donors (Lipinski definition) is 2. The fourth-order valence-electron chi connectivity index (χ4n) is 0.424. The highest BCUT2D eigenvalue weighted by atomic mass is 32.2. The van der Waals surface area contributed by atoms with Crippen LogP contribution in [0.4, 0.5) is 0 Å². The van der Waals surface area contributed by atoms with Gasteiger partial charge >= 0.3 is 0 Å². The third kappa shape index (κ3) is 4.99. The van der Waals surface area contributed by atoms with E-state index in [2.05, 4.69) is 17.9 Å². The van der Waals surface area contributed by atoms with Crippen molar-refractivity contribution in [3.63, 3.8) is 0 Å². The van der Waals surface area contributed by atoms with Gasteiger partial charge in [0.15, 0.2) is 0 Å². The van der Waals surface area contributed by atoms with Crippen LogP contribution in [0.15, 0.2) is 0 Å². The number of thioether (sulfide) groups is 1. The summed E-state index contributed by atoms with van der Waals surface area (Å²) in [5.74, 6) is 0.976. The molecule has 0 saturated carbocycles. The largest absolute Gasteiger partial charge is 0.354 e. The van der Waals surface area contributed by atoms with Crippen LogP contribution < -0.4 is 5.32 Å². The van der Waals surface area contributed by atoms with Crippen LogP contribution in [0, 0.1) is 0 Å². The molecule has 0 rings (SSSR count). The molecule has 0 heterocycles. The topological polar surface area (TPSA) is 29.1 Å². The smallest absolute Gasteiger partial charge is 0.232 e. The molecule has 0 saturated heterocycles. The molecule has 1 atom stereocenters. The van der Waals surface area contributed by atoms with Crippen LogP contribution in [0.2, 0.25) is 0 Å². The van der Waals surface area contributed by atoms with Crippen molar-refractivity contribution in [3.05, 3.63) is 0 Å². The predicted octanol–water partition coefficient (Wildman–Crippen LogP) is 0.784. The maximum absolute atomic E-state index is 10.8. The molecule has 0 aliphatic rings. The first-order valence-corrected chi connectivity index (χ1v) is 5.04. The monoisotopic (exact) mass is 179 g/mol. The lowest BCUT2D eigenvalue weighted by Gasteiger charge is -2.04. The van der Waals surface area contributed by atoms with Gasteiger partial charge in [-0.2, -0.15) is 24.4 Å². The highest BCUT2D eigenvalue weighted by Gasteiger charge is 2.04. The molecule has 0 aliphatic carbocycles. The van der Waals surface area contributed by atoms with Crippen LogP contribution in [0.1, 0.15) is 6.92 Å². The normalized spacial score (nSPS) is 12.7. The van der Waals surface area contributed by atoms with E-state index in [1.54, 1.807) is 18.7 Å². The Hall–Kier alpha value is 0.170. The fraction of sp³-hybridized carbons (Fsp3) is 0.833. The molecular formula is C6H13NOS2. The molecule has 0 fully saturated rings. The van der Waals surface area contributed by atoms with Crippen molar-refractivity contribution < 1.29 is 4.79 Å². The third-order valence-electron chi connectivity index (χ3n) is 0.985. The molecule has 0 aromatic heterocycles. The zero-order chi connectivity index (χ0) is 7.98. The number of hydrogen-bond acceptors (Lipinski definition) is 3. The number of carbonyl (C=O) groups excluding carboxylic acids is 1. The van der Waals surface area contributed by atoms with Gasteiger partial charge < -0.3 is 5.32 Å². The zero-order valence-electron chi connectivity index (χ0n) is 6.26. The van der Waals surface area contributed by atoms with Crippen molar-refractivity contribution in [2.24, 2.45) is 0 Å². The fourth-order valence-corrected chi connectivity index (χ4v) is 0.821. The Balaban J connectivity index is 3.22. The minimum Gasteiger partial charge on any atom is -0.354 e. The Morgan fingerprint density at radius 2 is 2.40 bits per heavy atom. The number of rotatable bonds is 4. The molecule has 0 radical (unpaired) electrons. The molecule has 0 spiro atoms. The number of nitrogens with one attached hydrogen (secondary N) is 1. The molecule has 1 N–H and O–H groups in total. The molecule has 4 heteroatoms. The van der Waals surface area contributed by atoms with E-state index in [0.29, 0.717) is 0 Å². The molecule has 1 amide bonds.